The Hall–Kier alpha value is -3.23. The average Bonchev–Trinajstić information content (AvgIpc) is 2.82. The second kappa shape index (κ2) is 10.6. The van der Waals surface area contributed by atoms with Crippen molar-refractivity contribution in [3.63, 3.8) is 0 Å². The molecule has 33 heavy (non-hydrogen) atoms. The zero-order chi connectivity index (χ0) is 24.0. The maximum Gasteiger partial charge on any atom is 0.338 e. The summed E-state index contributed by atoms with van der Waals surface area (Å²) in [6.45, 7) is 5.66. The van der Waals surface area contributed by atoms with Gasteiger partial charge in [0.15, 0.2) is 6.61 Å². The van der Waals surface area contributed by atoms with Crippen molar-refractivity contribution in [3.8, 4) is 0 Å². The summed E-state index contributed by atoms with van der Waals surface area (Å²) in [5, 5.41) is 5.01. The lowest BCUT2D eigenvalue weighted by Gasteiger charge is -2.18. The van der Waals surface area contributed by atoms with Gasteiger partial charge in [-0.25, -0.2) is 13.2 Å². The maximum absolute atomic E-state index is 12.5. The molecule has 0 aliphatic carbocycles. The molecule has 0 fully saturated rings. The number of sulfonamides is 1. The lowest BCUT2D eigenvalue weighted by Crippen LogP contribution is -2.31. The number of hydrogen-bond acceptors (Lipinski definition) is 5. The molecule has 3 aromatic carbocycles. The Kier molecular flexibility index (Phi) is 7.84. The van der Waals surface area contributed by atoms with E-state index in [1.54, 1.807) is 13.8 Å². The number of nitrogens with one attached hydrogen (secondary N) is 1. The van der Waals surface area contributed by atoms with Crippen LogP contribution in [-0.2, 0) is 19.6 Å². The summed E-state index contributed by atoms with van der Waals surface area (Å²) >= 11 is 0. The summed E-state index contributed by atoms with van der Waals surface area (Å²) in [4.78, 5) is 24.7. The van der Waals surface area contributed by atoms with Crippen molar-refractivity contribution < 1.29 is 22.7 Å². The first-order valence-corrected chi connectivity index (χ1v) is 12.3. The summed E-state index contributed by atoms with van der Waals surface area (Å²) in [7, 11) is -3.61. The molecule has 1 atom stereocenters. The first-order valence-electron chi connectivity index (χ1n) is 10.8. The third kappa shape index (κ3) is 5.77. The van der Waals surface area contributed by atoms with E-state index in [1.165, 1.54) is 28.6 Å². The topological polar surface area (TPSA) is 92.8 Å². The Morgan fingerprint density at radius 2 is 1.58 bits per heavy atom. The van der Waals surface area contributed by atoms with Crippen molar-refractivity contribution in [2.45, 2.75) is 31.7 Å². The van der Waals surface area contributed by atoms with Crippen LogP contribution in [0.3, 0.4) is 0 Å². The van der Waals surface area contributed by atoms with E-state index in [0.717, 1.165) is 16.3 Å². The van der Waals surface area contributed by atoms with Crippen molar-refractivity contribution in [1.29, 1.82) is 0 Å². The normalized spacial score (nSPS) is 12.5. The van der Waals surface area contributed by atoms with Gasteiger partial charge in [-0.2, -0.15) is 4.31 Å². The number of carbonyl (C=O) groups is 2. The fraction of sp³-hybridized carbons (Fsp3) is 0.280. The number of hydrogen-bond donors (Lipinski definition) is 1. The number of nitrogens with zero attached hydrogens (tertiary/aromatic N) is 1. The highest BCUT2D eigenvalue weighted by Gasteiger charge is 2.22. The van der Waals surface area contributed by atoms with Gasteiger partial charge in [-0.05, 0) is 53.6 Å². The molecule has 3 aromatic rings. The molecule has 3 rings (SSSR count). The predicted molar refractivity (Wildman–Crippen MR) is 127 cm³/mol. The fourth-order valence-corrected chi connectivity index (χ4v) is 4.99. The van der Waals surface area contributed by atoms with E-state index in [1.807, 2.05) is 49.4 Å². The molecule has 1 amide bonds. The van der Waals surface area contributed by atoms with Crippen molar-refractivity contribution in [2.75, 3.05) is 19.7 Å². The van der Waals surface area contributed by atoms with Crippen LogP contribution in [0.1, 0.15) is 42.7 Å². The number of benzene rings is 3. The number of esters is 1. The number of amides is 1. The smallest absolute Gasteiger partial charge is 0.338 e. The quantitative estimate of drug-likeness (QED) is 0.481. The average molecular weight is 469 g/mol. The SMILES string of the molecule is CCN(CC)S(=O)(=O)c1ccc(C(=O)OCC(=O)NC(C)c2ccc3ccccc3c2)cc1. The third-order valence-electron chi connectivity index (χ3n) is 5.42. The molecule has 0 aliphatic rings. The van der Waals surface area contributed by atoms with Gasteiger partial charge >= 0.3 is 5.97 Å². The van der Waals surface area contributed by atoms with Gasteiger partial charge in [-0.3, -0.25) is 4.79 Å². The minimum absolute atomic E-state index is 0.102. The van der Waals surface area contributed by atoms with E-state index in [-0.39, 0.29) is 16.5 Å². The largest absolute Gasteiger partial charge is 0.452 e. The van der Waals surface area contributed by atoms with Gasteiger partial charge in [-0.1, -0.05) is 50.2 Å². The van der Waals surface area contributed by atoms with Gasteiger partial charge in [0.25, 0.3) is 5.91 Å². The molecule has 0 radical (unpaired) electrons. The molecule has 7 nitrogen and oxygen atoms in total. The van der Waals surface area contributed by atoms with Crippen molar-refractivity contribution in [3.05, 3.63) is 77.9 Å². The van der Waals surface area contributed by atoms with E-state index < -0.39 is 28.5 Å². The van der Waals surface area contributed by atoms with E-state index in [4.69, 9.17) is 4.74 Å². The molecule has 0 aliphatic heterocycles. The Morgan fingerprint density at radius 3 is 2.21 bits per heavy atom. The molecule has 1 N–H and O–H groups in total. The van der Waals surface area contributed by atoms with Gasteiger partial charge in [-0.15, -0.1) is 0 Å². The van der Waals surface area contributed by atoms with Gasteiger partial charge < -0.3 is 10.1 Å². The van der Waals surface area contributed by atoms with E-state index in [9.17, 15) is 18.0 Å². The van der Waals surface area contributed by atoms with Gasteiger partial charge in [0.05, 0.1) is 16.5 Å². The van der Waals surface area contributed by atoms with Gasteiger partial charge in [0.1, 0.15) is 0 Å². The Balaban J connectivity index is 1.57. The molecular formula is C25H28N2O5S. The van der Waals surface area contributed by atoms with Crippen molar-refractivity contribution in [2.24, 2.45) is 0 Å². The highest BCUT2D eigenvalue weighted by molar-refractivity contribution is 7.89. The van der Waals surface area contributed by atoms with E-state index >= 15 is 0 Å². The van der Waals surface area contributed by atoms with Crippen LogP contribution in [0.2, 0.25) is 0 Å². The number of carbonyl (C=O) groups excluding carboxylic acids is 2. The molecule has 0 saturated carbocycles. The number of ether oxygens (including phenoxy) is 1. The molecular weight excluding hydrogens is 440 g/mol. The van der Waals surface area contributed by atoms with Crippen LogP contribution in [0.25, 0.3) is 10.8 Å². The second-order valence-corrected chi connectivity index (χ2v) is 9.52. The molecule has 174 valence electrons. The van der Waals surface area contributed by atoms with Crippen LogP contribution < -0.4 is 5.32 Å². The van der Waals surface area contributed by atoms with Crippen molar-refractivity contribution >= 4 is 32.7 Å². The fourth-order valence-electron chi connectivity index (χ4n) is 3.53. The Morgan fingerprint density at radius 1 is 0.939 bits per heavy atom. The summed E-state index contributed by atoms with van der Waals surface area (Å²) in [5.41, 5.74) is 1.11. The molecule has 1 unspecified atom stereocenters. The van der Waals surface area contributed by atoms with Crippen LogP contribution >= 0.6 is 0 Å². The monoisotopic (exact) mass is 468 g/mol. The maximum atomic E-state index is 12.5. The number of rotatable bonds is 9. The molecule has 0 bridgehead atoms. The molecule has 0 spiro atoms. The lowest BCUT2D eigenvalue weighted by atomic mass is 10.0. The van der Waals surface area contributed by atoms with Gasteiger partial charge in [0, 0.05) is 13.1 Å². The lowest BCUT2D eigenvalue weighted by molar-refractivity contribution is -0.124. The summed E-state index contributed by atoms with van der Waals surface area (Å²) < 4.78 is 31.5. The summed E-state index contributed by atoms with van der Waals surface area (Å²) in [6, 6.07) is 19.2. The first-order chi connectivity index (χ1) is 15.8. The number of fused-ring (bicyclic) bond motifs is 1. The molecule has 0 heterocycles. The molecule has 0 saturated heterocycles. The molecule has 0 aromatic heterocycles. The summed E-state index contributed by atoms with van der Waals surface area (Å²) in [6.07, 6.45) is 0. The van der Waals surface area contributed by atoms with Gasteiger partial charge in [0.2, 0.25) is 10.0 Å². The molecule has 8 heteroatoms. The van der Waals surface area contributed by atoms with Crippen LogP contribution in [0.15, 0.2) is 71.6 Å². The summed E-state index contributed by atoms with van der Waals surface area (Å²) in [5.74, 6) is -1.12. The zero-order valence-corrected chi connectivity index (χ0v) is 19.8. The Labute approximate surface area is 194 Å². The van der Waals surface area contributed by atoms with E-state index in [0.29, 0.717) is 13.1 Å². The van der Waals surface area contributed by atoms with E-state index in [2.05, 4.69) is 5.32 Å². The van der Waals surface area contributed by atoms with Crippen LogP contribution in [0, 0.1) is 0 Å². The highest BCUT2D eigenvalue weighted by Crippen LogP contribution is 2.20. The standard InChI is InChI=1S/C25H28N2O5S/c1-4-27(5-2)33(30,31)23-14-12-20(13-15-23)25(29)32-17-24(28)26-18(3)21-11-10-19-8-6-7-9-22(19)16-21/h6-16,18H,4-5,17H2,1-3H3,(H,26,28). The van der Waals surface area contributed by atoms with Crippen LogP contribution in [-0.4, -0.2) is 44.3 Å². The zero-order valence-electron chi connectivity index (χ0n) is 18.9. The third-order valence-corrected chi connectivity index (χ3v) is 7.48. The second-order valence-electron chi connectivity index (χ2n) is 7.59. The Bertz CT molecular complexity index is 1240. The first kappa shape index (κ1) is 24.4. The minimum atomic E-state index is -3.61. The minimum Gasteiger partial charge on any atom is -0.452 e. The van der Waals surface area contributed by atoms with Crippen molar-refractivity contribution in [1.82, 2.24) is 9.62 Å². The van der Waals surface area contributed by atoms with Crippen LogP contribution in [0.4, 0.5) is 0 Å². The highest BCUT2D eigenvalue weighted by atomic mass is 32.2. The van der Waals surface area contributed by atoms with Crippen LogP contribution in [0.5, 0.6) is 0 Å². The predicted octanol–water partition coefficient (Wildman–Crippen LogP) is 3.90.